The van der Waals surface area contributed by atoms with Crippen molar-refractivity contribution in [2.45, 2.75) is 30.0 Å². The van der Waals surface area contributed by atoms with Crippen LogP contribution in [0.3, 0.4) is 0 Å². The second kappa shape index (κ2) is 10.3. The zero-order valence-electron chi connectivity index (χ0n) is 18.3. The molecule has 4 rings (SSSR count). The van der Waals surface area contributed by atoms with Crippen molar-refractivity contribution < 1.29 is 26.8 Å². The number of carbonyl (C=O) groups excluding carboxylic acids is 1. The number of hydrogen-bond donors (Lipinski definition) is 0. The number of para-hydroxylation sites is 1. The summed E-state index contributed by atoms with van der Waals surface area (Å²) in [6.45, 7) is 2.75. The Morgan fingerprint density at radius 3 is 2.44 bits per heavy atom. The Balaban J connectivity index is 1.63. The number of furan rings is 2. The highest BCUT2D eigenvalue weighted by Gasteiger charge is 2.27. The van der Waals surface area contributed by atoms with Crippen LogP contribution in [0.5, 0.6) is 5.75 Å². The summed E-state index contributed by atoms with van der Waals surface area (Å²) < 4.78 is 43.3. The van der Waals surface area contributed by atoms with Crippen molar-refractivity contribution in [3.05, 3.63) is 101 Å². The minimum absolute atomic E-state index is 0.0714. The van der Waals surface area contributed by atoms with E-state index >= 15 is 0 Å². The van der Waals surface area contributed by atoms with Crippen LogP contribution in [-0.2, 0) is 22.9 Å². The minimum Gasteiger partial charge on any atom is -0.494 e. The van der Waals surface area contributed by atoms with Crippen LogP contribution in [0.4, 0.5) is 0 Å². The minimum atomic E-state index is -3.91. The van der Waals surface area contributed by atoms with E-state index in [4.69, 9.17) is 13.6 Å². The Morgan fingerprint density at radius 2 is 1.74 bits per heavy atom. The molecule has 0 aliphatic rings. The van der Waals surface area contributed by atoms with Crippen LogP contribution in [0.1, 0.15) is 28.8 Å². The Morgan fingerprint density at radius 1 is 0.971 bits per heavy atom. The van der Waals surface area contributed by atoms with E-state index in [0.29, 0.717) is 18.1 Å². The molecule has 0 radical (unpaired) electrons. The maximum atomic E-state index is 13.4. The molecule has 1 amide bonds. The summed E-state index contributed by atoms with van der Waals surface area (Å²) in [5, 5.41) is -0.300. The third kappa shape index (κ3) is 5.26. The van der Waals surface area contributed by atoms with Gasteiger partial charge in [0, 0.05) is 10.0 Å². The van der Waals surface area contributed by atoms with Gasteiger partial charge in [-0.3, -0.25) is 4.79 Å². The van der Waals surface area contributed by atoms with Gasteiger partial charge in [0.2, 0.25) is 14.9 Å². The second-order valence-corrected chi connectivity index (χ2v) is 10.2. The van der Waals surface area contributed by atoms with Gasteiger partial charge in [-0.05, 0) is 61.5 Å². The maximum Gasteiger partial charge on any atom is 0.290 e. The molecule has 0 saturated heterocycles. The van der Waals surface area contributed by atoms with E-state index in [1.807, 2.05) is 31.2 Å². The molecule has 4 aromatic rings. The molecule has 0 atom stereocenters. The molecule has 0 saturated carbocycles. The molecular weight excluding hydrogens is 522 g/mol. The number of carbonyl (C=O) groups is 1. The van der Waals surface area contributed by atoms with Gasteiger partial charge < -0.3 is 18.5 Å². The standard InChI is InChI=1S/C25H22BrNO6S/c1-2-31-22-8-4-3-6-18(22)16-27(17-20-7-5-15-32-20)25(28)23-13-14-24(33-23)34(29,30)21-11-9-19(26)10-12-21/h3-15H,2,16-17H2,1H3. The summed E-state index contributed by atoms with van der Waals surface area (Å²) in [5.41, 5.74) is 0.804. The fourth-order valence-corrected chi connectivity index (χ4v) is 4.83. The summed E-state index contributed by atoms with van der Waals surface area (Å²) in [6, 6.07) is 19.8. The van der Waals surface area contributed by atoms with E-state index in [1.165, 1.54) is 35.4 Å². The molecule has 2 aromatic heterocycles. The lowest BCUT2D eigenvalue weighted by Crippen LogP contribution is -2.30. The highest BCUT2D eigenvalue weighted by atomic mass is 79.9. The molecule has 7 nitrogen and oxygen atoms in total. The van der Waals surface area contributed by atoms with Crippen molar-refractivity contribution >= 4 is 31.7 Å². The van der Waals surface area contributed by atoms with Crippen LogP contribution < -0.4 is 4.74 Å². The molecule has 0 bridgehead atoms. The van der Waals surface area contributed by atoms with Gasteiger partial charge in [-0.1, -0.05) is 34.1 Å². The lowest BCUT2D eigenvalue weighted by Gasteiger charge is -2.22. The van der Waals surface area contributed by atoms with Gasteiger partial charge in [0.15, 0.2) is 5.76 Å². The molecule has 2 heterocycles. The smallest absolute Gasteiger partial charge is 0.290 e. The van der Waals surface area contributed by atoms with Gasteiger partial charge in [0.25, 0.3) is 5.91 Å². The summed E-state index contributed by atoms with van der Waals surface area (Å²) in [6.07, 6.45) is 1.53. The molecule has 0 unspecified atom stereocenters. The van der Waals surface area contributed by atoms with Gasteiger partial charge in [-0.15, -0.1) is 0 Å². The van der Waals surface area contributed by atoms with E-state index in [0.717, 1.165) is 10.0 Å². The average Bonchev–Trinajstić information content (AvgIpc) is 3.53. The number of rotatable bonds is 9. The van der Waals surface area contributed by atoms with E-state index in [9.17, 15) is 13.2 Å². The molecule has 0 spiro atoms. The van der Waals surface area contributed by atoms with Gasteiger partial charge in [-0.2, -0.15) is 0 Å². The van der Waals surface area contributed by atoms with E-state index in [2.05, 4.69) is 15.9 Å². The van der Waals surface area contributed by atoms with Gasteiger partial charge in [0.1, 0.15) is 11.5 Å². The van der Waals surface area contributed by atoms with Crippen molar-refractivity contribution in [1.82, 2.24) is 4.90 Å². The van der Waals surface area contributed by atoms with Crippen LogP contribution in [0.25, 0.3) is 0 Å². The monoisotopic (exact) mass is 543 g/mol. The molecule has 2 aromatic carbocycles. The first-order chi connectivity index (χ1) is 16.4. The third-order valence-electron chi connectivity index (χ3n) is 5.03. The Labute approximate surface area is 206 Å². The topological polar surface area (TPSA) is 90.0 Å². The van der Waals surface area contributed by atoms with Crippen molar-refractivity contribution in [2.24, 2.45) is 0 Å². The second-order valence-electron chi connectivity index (χ2n) is 7.36. The normalized spacial score (nSPS) is 11.4. The summed E-state index contributed by atoms with van der Waals surface area (Å²) in [4.78, 5) is 15.0. The first-order valence-electron chi connectivity index (χ1n) is 10.5. The predicted molar refractivity (Wildman–Crippen MR) is 128 cm³/mol. The molecule has 0 aliphatic heterocycles. The number of ether oxygens (including phenoxy) is 1. The first-order valence-corrected chi connectivity index (χ1v) is 12.8. The van der Waals surface area contributed by atoms with Gasteiger partial charge in [-0.25, -0.2) is 8.42 Å². The Kier molecular flexibility index (Phi) is 7.23. The average molecular weight is 544 g/mol. The molecule has 9 heteroatoms. The lowest BCUT2D eigenvalue weighted by molar-refractivity contribution is 0.0678. The highest BCUT2D eigenvalue weighted by Crippen LogP contribution is 2.27. The first kappa shape index (κ1) is 23.8. The van der Waals surface area contributed by atoms with E-state index in [1.54, 1.807) is 24.3 Å². The number of hydrogen-bond acceptors (Lipinski definition) is 6. The molecule has 0 aliphatic carbocycles. The number of amides is 1. The summed E-state index contributed by atoms with van der Waals surface area (Å²) in [5.74, 6) is 0.688. The Hall–Kier alpha value is -3.30. The Bertz CT molecular complexity index is 1360. The fourth-order valence-electron chi connectivity index (χ4n) is 3.39. The quantitative estimate of drug-likeness (QED) is 0.268. The molecule has 0 fully saturated rings. The van der Waals surface area contributed by atoms with Gasteiger partial charge in [0.05, 0.1) is 30.9 Å². The predicted octanol–water partition coefficient (Wildman–Crippen LogP) is 5.71. The number of nitrogens with zero attached hydrogens (tertiary/aromatic N) is 1. The van der Waals surface area contributed by atoms with Crippen LogP contribution in [0.15, 0.2) is 102 Å². The van der Waals surface area contributed by atoms with Crippen LogP contribution in [-0.4, -0.2) is 25.8 Å². The zero-order chi connectivity index (χ0) is 24.1. The molecular formula is C25H22BrNO6S. The maximum absolute atomic E-state index is 13.4. The van der Waals surface area contributed by atoms with E-state index in [-0.39, 0.29) is 28.8 Å². The van der Waals surface area contributed by atoms with Crippen molar-refractivity contribution in [2.75, 3.05) is 6.61 Å². The largest absolute Gasteiger partial charge is 0.494 e. The van der Waals surface area contributed by atoms with Crippen LogP contribution >= 0.6 is 15.9 Å². The van der Waals surface area contributed by atoms with Crippen LogP contribution in [0, 0.1) is 0 Å². The number of halogens is 1. The van der Waals surface area contributed by atoms with E-state index < -0.39 is 15.7 Å². The fraction of sp³-hybridized carbons (Fsp3) is 0.160. The van der Waals surface area contributed by atoms with Crippen molar-refractivity contribution in [3.63, 3.8) is 0 Å². The molecule has 34 heavy (non-hydrogen) atoms. The number of sulfone groups is 1. The van der Waals surface area contributed by atoms with Crippen molar-refractivity contribution in [3.8, 4) is 5.75 Å². The van der Waals surface area contributed by atoms with Crippen molar-refractivity contribution in [1.29, 1.82) is 0 Å². The van der Waals surface area contributed by atoms with Crippen LogP contribution in [0.2, 0.25) is 0 Å². The number of benzene rings is 2. The zero-order valence-corrected chi connectivity index (χ0v) is 20.7. The summed E-state index contributed by atoms with van der Waals surface area (Å²) >= 11 is 3.29. The highest BCUT2D eigenvalue weighted by molar-refractivity contribution is 9.10. The molecule has 176 valence electrons. The third-order valence-corrected chi connectivity index (χ3v) is 7.20. The SMILES string of the molecule is CCOc1ccccc1CN(Cc1ccco1)C(=O)c1ccc(S(=O)(=O)c2ccc(Br)cc2)o1. The van der Waals surface area contributed by atoms with Gasteiger partial charge >= 0.3 is 0 Å². The lowest BCUT2D eigenvalue weighted by atomic mass is 10.1. The molecule has 0 N–H and O–H groups in total. The summed E-state index contributed by atoms with van der Waals surface area (Å²) in [7, 11) is -3.91.